The molecule has 1 aromatic carbocycles. The van der Waals surface area contributed by atoms with Crippen LogP contribution in [0.25, 0.3) is 22.0 Å². The van der Waals surface area contributed by atoms with Crippen molar-refractivity contribution in [3.05, 3.63) is 69.5 Å². The lowest BCUT2D eigenvalue weighted by molar-refractivity contribution is 0.299. The summed E-state index contributed by atoms with van der Waals surface area (Å²) in [4.78, 5) is 4.42. The number of hydrogen-bond acceptors (Lipinski definition) is 3. The molecule has 4 nitrogen and oxygen atoms in total. The van der Waals surface area contributed by atoms with Crippen LogP contribution in [0.2, 0.25) is 0 Å². The largest absolute Gasteiger partial charge is 0.491 e. The molecule has 2 heterocycles. The number of nitrogens with one attached hydrogen (secondary N) is 1. The minimum atomic E-state index is 0.538. The standard InChI is InChI=1S/C26H29Cl2N3O/c1-3-12-29-14-11-20-18(2)31(24-17-19(27)9-10-22(28)26(20)24)15-16-32-25-8-4-7-23-21(25)6-5-13-30-23/h4-9,13,17,29H,3,10-12,14-16H2,1-2H3. The van der Waals surface area contributed by atoms with Crippen molar-refractivity contribution in [1.29, 1.82) is 0 Å². The smallest absolute Gasteiger partial charge is 0.128 e. The van der Waals surface area contributed by atoms with E-state index in [1.165, 1.54) is 11.3 Å². The molecule has 3 aromatic rings. The number of ether oxygens (including phenoxy) is 1. The third-order valence-electron chi connectivity index (χ3n) is 5.87. The Kier molecular flexibility index (Phi) is 7.56. The Bertz CT molecular complexity index is 1250. The first-order chi connectivity index (χ1) is 15.6. The van der Waals surface area contributed by atoms with Gasteiger partial charge in [-0.2, -0.15) is 0 Å². The minimum absolute atomic E-state index is 0.538. The zero-order chi connectivity index (χ0) is 22.5. The minimum Gasteiger partial charge on any atom is -0.491 e. The van der Waals surface area contributed by atoms with E-state index < -0.39 is 0 Å². The highest BCUT2D eigenvalue weighted by atomic mass is 35.5. The van der Waals surface area contributed by atoms with Gasteiger partial charge in [0, 0.05) is 39.0 Å². The van der Waals surface area contributed by atoms with Crippen LogP contribution in [0.15, 0.2) is 47.6 Å². The molecule has 0 atom stereocenters. The maximum absolute atomic E-state index is 6.76. The van der Waals surface area contributed by atoms with Gasteiger partial charge in [-0.05, 0) is 68.8 Å². The molecule has 0 radical (unpaired) electrons. The molecule has 1 N–H and O–H groups in total. The average molecular weight is 470 g/mol. The van der Waals surface area contributed by atoms with E-state index in [1.807, 2.05) is 42.5 Å². The predicted octanol–water partition coefficient (Wildman–Crippen LogP) is 4.62. The molecule has 0 aliphatic heterocycles. The molecule has 2 aromatic heterocycles. The molecule has 1 aliphatic rings. The number of pyridine rings is 1. The lowest BCUT2D eigenvalue weighted by Crippen LogP contribution is -2.33. The molecule has 0 amide bonds. The Balaban J connectivity index is 1.63. The van der Waals surface area contributed by atoms with Crippen molar-refractivity contribution in [1.82, 2.24) is 14.9 Å². The molecule has 4 rings (SSSR count). The molecule has 1 aliphatic carbocycles. The van der Waals surface area contributed by atoms with Gasteiger partial charge in [0.25, 0.3) is 0 Å². The molecule has 0 saturated heterocycles. The van der Waals surface area contributed by atoms with E-state index in [1.54, 1.807) is 6.20 Å². The monoisotopic (exact) mass is 469 g/mol. The topological polar surface area (TPSA) is 39.1 Å². The summed E-state index contributed by atoms with van der Waals surface area (Å²) >= 11 is 13.2. The van der Waals surface area contributed by atoms with Crippen molar-refractivity contribution < 1.29 is 4.74 Å². The fourth-order valence-corrected chi connectivity index (χ4v) is 4.77. The lowest BCUT2D eigenvalue weighted by atomic mass is 10.1. The van der Waals surface area contributed by atoms with Gasteiger partial charge in [0.05, 0.1) is 17.4 Å². The maximum atomic E-state index is 6.76. The van der Waals surface area contributed by atoms with Gasteiger partial charge in [-0.25, -0.2) is 0 Å². The Morgan fingerprint density at radius 3 is 2.88 bits per heavy atom. The van der Waals surface area contributed by atoms with Crippen LogP contribution >= 0.6 is 23.2 Å². The van der Waals surface area contributed by atoms with Crippen LogP contribution in [0.3, 0.4) is 0 Å². The van der Waals surface area contributed by atoms with Gasteiger partial charge < -0.3 is 14.6 Å². The number of benzene rings is 1. The number of rotatable bonds is 9. The highest BCUT2D eigenvalue weighted by Crippen LogP contribution is 2.23. The van der Waals surface area contributed by atoms with Crippen molar-refractivity contribution in [2.75, 3.05) is 19.7 Å². The average Bonchev–Trinajstić information content (AvgIpc) is 2.96. The zero-order valence-electron chi connectivity index (χ0n) is 18.6. The second-order valence-electron chi connectivity index (χ2n) is 7.99. The first-order valence-corrected chi connectivity index (χ1v) is 12.0. The summed E-state index contributed by atoms with van der Waals surface area (Å²) in [5, 5.41) is 8.29. The molecular weight excluding hydrogens is 441 g/mol. The number of fused-ring (bicyclic) bond motifs is 2. The van der Waals surface area contributed by atoms with Gasteiger partial charge in [0.15, 0.2) is 0 Å². The maximum Gasteiger partial charge on any atom is 0.128 e. The fourth-order valence-electron chi connectivity index (χ4n) is 4.30. The third kappa shape index (κ3) is 4.88. The molecule has 168 valence electrons. The van der Waals surface area contributed by atoms with Gasteiger partial charge in [0.1, 0.15) is 12.4 Å². The van der Waals surface area contributed by atoms with Crippen LogP contribution < -0.4 is 20.6 Å². The van der Waals surface area contributed by atoms with E-state index in [0.29, 0.717) is 19.6 Å². The van der Waals surface area contributed by atoms with Crippen LogP contribution in [-0.2, 0) is 13.0 Å². The number of nitrogens with zero attached hydrogens (tertiary/aromatic N) is 2. The second-order valence-corrected chi connectivity index (χ2v) is 8.89. The van der Waals surface area contributed by atoms with Crippen LogP contribution in [0, 0.1) is 6.92 Å². The van der Waals surface area contributed by atoms with Crippen molar-refractivity contribution in [2.24, 2.45) is 0 Å². The fraction of sp³-hybridized carbons (Fsp3) is 0.346. The van der Waals surface area contributed by atoms with E-state index >= 15 is 0 Å². The molecule has 0 unspecified atom stereocenters. The molecule has 32 heavy (non-hydrogen) atoms. The van der Waals surface area contributed by atoms with Gasteiger partial charge in [0.2, 0.25) is 0 Å². The summed E-state index contributed by atoms with van der Waals surface area (Å²) in [6.07, 6.45) is 8.52. The van der Waals surface area contributed by atoms with Crippen LogP contribution in [-0.4, -0.2) is 29.2 Å². The number of allylic oxidation sites excluding steroid dienone is 2. The summed E-state index contributed by atoms with van der Waals surface area (Å²) in [6.45, 7) is 7.54. The molecule has 0 saturated carbocycles. The Morgan fingerprint density at radius 2 is 2.03 bits per heavy atom. The summed E-state index contributed by atoms with van der Waals surface area (Å²) in [7, 11) is 0. The lowest BCUT2D eigenvalue weighted by Gasteiger charge is -2.12. The van der Waals surface area contributed by atoms with Crippen molar-refractivity contribution >= 4 is 45.2 Å². The van der Waals surface area contributed by atoms with Crippen LogP contribution in [0.1, 0.15) is 31.0 Å². The second kappa shape index (κ2) is 10.6. The van der Waals surface area contributed by atoms with E-state index in [0.717, 1.165) is 63.2 Å². The van der Waals surface area contributed by atoms with E-state index in [2.05, 4.69) is 28.7 Å². The molecular formula is C26H29Cl2N3O. The quantitative estimate of drug-likeness (QED) is 0.464. The first kappa shape index (κ1) is 22.9. The highest BCUT2D eigenvalue weighted by Gasteiger charge is 2.16. The van der Waals surface area contributed by atoms with Gasteiger partial charge >= 0.3 is 0 Å². The number of aromatic nitrogens is 2. The van der Waals surface area contributed by atoms with Gasteiger partial charge in [-0.15, -0.1) is 0 Å². The summed E-state index contributed by atoms with van der Waals surface area (Å²) in [6, 6.07) is 9.95. The van der Waals surface area contributed by atoms with Gasteiger partial charge in [-0.1, -0.05) is 42.3 Å². The molecule has 0 spiro atoms. The summed E-state index contributed by atoms with van der Waals surface area (Å²) < 4.78 is 8.49. The summed E-state index contributed by atoms with van der Waals surface area (Å²) in [5.41, 5.74) is 3.45. The predicted molar refractivity (Wildman–Crippen MR) is 135 cm³/mol. The zero-order valence-corrected chi connectivity index (χ0v) is 20.1. The van der Waals surface area contributed by atoms with Crippen molar-refractivity contribution in [2.45, 2.75) is 39.7 Å². The van der Waals surface area contributed by atoms with Gasteiger partial charge in [-0.3, -0.25) is 4.98 Å². The first-order valence-electron chi connectivity index (χ1n) is 11.2. The number of halogens is 2. The normalized spacial score (nSPS) is 13.5. The Labute approximate surface area is 199 Å². The van der Waals surface area contributed by atoms with Crippen LogP contribution in [0.5, 0.6) is 5.75 Å². The number of hydrogen-bond donors (Lipinski definition) is 1. The Morgan fingerprint density at radius 1 is 1.16 bits per heavy atom. The van der Waals surface area contributed by atoms with Crippen molar-refractivity contribution in [3.63, 3.8) is 0 Å². The van der Waals surface area contributed by atoms with E-state index in [-0.39, 0.29) is 0 Å². The molecule has 0 bridgehead atoms. The SMILES string of the molecule is CCCNCCc1c(C)n(CCOc2cccc3ncccc23)c2c1=C(Cl)CC=C(Cl)C=2. The van der Waals surface area contributed by atoms with E-state index in [9.17, 15) is 0 Å². The third-order valence-corrected chi connectivity index (χ3v) is 6.48. The van der Waals surface area contributed by atoms with Crippen LogP contribution in [0.4, 0.5) is 0 Å². The molecule has 0 fully saturated rings. The van der Waals surface area contributed by atoms with E-state index in [4.69, 9.17) is 27.9 Å². The highest BCUT2D eigenvalue weighted by molar-refractivity contribution is 6.45. The summed E-state index contributed by atoms with van der Waals surface area (Å²) in [5.74, 6) is 0.849. The Hall–Kier alpha value is -2.27. The molecule has 6 heteroatoms. The van der Waals surface area contributed by atoms with Crippen molar-refractivity contribution in [3.8, 4) is 5.75 Å².